The summed E-state index contributed by atoms with van der Waals surface area (Å²) >= 11 is 0. The Morgan fingerprint density at radius 2 is 1.87 bits per heavy atom. The molecule has 0 aliphatic rings. The van der Waals surface area contributed by atoms with E-state index in [2.05, 4.69) is 9.97 Å². The van der Waals surface area contributed by atoms with E-state index in [1.165, 1.54) is 0 Å². The third-order valence-electron chi connectivity index (χ3n) is 3.87. The number of nitrogens with one attached hydrogen (secondary N) is 1. The summed E-state index contributed by atoms with van der Waals surface area (Å²) in [5.74, 6) is -0.0305. The number of carbonyl (C=O) groups is 1. The minimum absolute atomic E-state index is 0.0305. The van der Waals surface area contributed by atoms with Crippen LogP contribution in [0.1, 0.15) is 34.7 Å². The molecule has 3 rings (SSSR count). The lowest BCUT2D eigenvalue weighted by Crippen LogP contribution is -2.33. The average molecular weight is 305 g/mol. The van der Waals surface area contributed by atoms with Crippen LogP contribution in [0.15, 0.2) is 73.1 Å². The predicted molar refractivity (Wildman–Crippen MR) is 89.8 cm³/mol. The van der Waals surface area contributed by atoms with Gasteiger partial charge in [-0.15, -0.1) is 0 Å². The Kier molecular flexibility index (Phi) is 4.52. The van der Waals surface area contributed by atoms with Crippen LogP contribution in [0.2, 0.25) is 0 Å². The van der Waals surface area contributed by atoms with Gasteiger partial charge in [0.15, 0.2) is 0 Å². The zero-order chi connectivity index (χ0) is 16.1. The molecule has 1 aromatic carbocycles. The van der Waals surface area contributed by atoms with Gasteiger partial charge in [0.1, 0.15) is 5.69 Å². The molecule has 4 nitrogen and oxygen atoms in total. The molecule has 23 heavy (non-hydrogen) atoms. The third kappa shape index (κ3) is 3.48. The van der Waals surface area contributed by atoms with Crippen LogP contribution in [0.25, 0.3) is 0 Å². The van der Waals surface area contributed by atoms with Crippen LogP contribution in [-0.2, 0) is 6.54 Å². The van der Waals surface area contributed by atoms with Crippen molar-refractivity contribution < 1.29 is 4.79 Å². The second-order valence-corrected chi connectivity index (χ2v) is 5.43. The van der Waals surface area contributed by atoms with Crippen LogP contribution in [-0.4, -0.2) is 20.8 Å². The first-order valence-electron chi connectivity index (χ1n) is 7.65. The van der Waals surface area contributed by atoms with Crippen LogP contribution in [0.3, 0.4) is 0 Å². The summed E-state index contributed by atoms with van der Waals surface area (Å²) in [6, 6.07) is 19.3. The molecule has 1 N–H and O–H groups in total. The Labute approximate surface area is 135 Å². The molecule has 0 saturated heterocycles. The van der Waals surface area contributed by atoms with Gasteiger partial charge in [-0.25, -0.2) is 0 Å². The molecule has 116 valence electrons. The van der Waals surface area contributed by atoms with Crippen molar-refractivity contribution >= 4 is 5.91 Å². The fraction of sp³-hybridized carbons (Fsp3) is 0.158. The molecule has 0 radical (unpaired) electrons. The number of hydrogen-bond donors (Lipinski definition) is 1. The predicted octanol–water partition coefficient (Wildman–Crippen LogP) is 3.81. The summed E-state index contributed by atoms with van der Waals surface area (Å²) in [6.45, 7) is 2.54. The lowest BCUT2D eigenvalue weighted by atomic mass is 10.1. The second kappa shape index (κ2) is 6.92. The van der Waals surface area contributed by atoms with Gasteiger partial charge < -0.3 is 9.88 Å². The highest BCUT2D eigenvalue weighted by atomic mass is 16.2. The molecule has 4 heteroatoms. The standard InChI is InChI=1S/C19H19N3O/c1-15(17-10-5-6-12-20-17)22(14-16-8-3-2-4-9-16)19(23)18-11-7-13-21-18/h2-13,15,21H,14H2,1H3/t15-/m1/s1. The molecule has 2 aromatic heterocycles. The van der Waals surface area contributed by atoms with Crippen LogP contribution < -0.4 is 0 Å². The van der Waals surface area contributed by atoms with Gasteiger partial charge in [-0.05, 0) is 36.8 Å². The molecule has 0 bridgehead atoms. The van der Waals surface area contributed by atoms with Crippen molar-refractivity contribution in [2.45, 2.75) is 19.5 Å². The normalized spacial score (nSPS) is 11.9. The zero-order valence-electron chi connectivity index (χ0n) is 13.0. The highest BCUT2D eigenvalue weighted by Gasteiger charge is 2.24. The van der Waals surface area contributed by atoms with Crippen molar-refractivity contribution in [3.8, 4) is 0 Å². The minimum atomic E-state index is -0.118. The first-order valence-corrected chi connectivity index (χ1v) is 7.65. The molecule has 0 aliphatic heterocycles. The number of nitrogens with zero attached hydrogens (tertiary/aromatic N) is 2. The molecule has 3 aromatic rings. The van der Waals surface area contributed by atoms with Gasteiger partial charge in [-0.1, -0.05) is 36.4 Å². The maximum Gasteiger partial charge on any atom is 0.271 e. The molecule has 2 heterocycles. The number of H-pyrrole nitrogens is 1. The Balaban J connectivity index is 1.91. The highest BCUT2D eigenvalue weighted by molar-refractivity contribution is 5.92. The van der Waals surface area contributed by atoms with Crippen molar-refractivity contribution in [2.24, 2.45) is 0 Å². The van der Waals surface area contributed by atoms with Crippen LogP contribution >= 0.6 is 0 Å². The van der Waals surface area contributed by atoms with Crippen LogP contribution in [0.4, 0.5) is 0 Å². The van der Waals surface area contributed by atoms with E-state index in [4.69, 9.17) is 0 Å². The summed E-state index contributed by atoms with van der Waals surface area (Å²) in [6.07, 6.45) is 3.52. The Hall–Kier alpha value is -2.88. The summed E-state index contributed by atoms with van der Waals surface area (Å²) in [7, 11) is 0. The van der Waals surface area contributed by atoms with E-state index < -0.39 is 0 Å². The number of pyridine rings is 1. The molecule has 0 aliphatic carbocycles. The molecule has 0 unspecified atom stereocenters. The first-order chi connectivity index (χ1) is 11.3. The van der Waals surface area contributed by atoms with Crippen molar-refractivity contribution in [3.05, 3.63) is 90.0 Å². The van der Waals surface area contributed by atoms with E-state index in [0.29, 0.717) is 12.2 Å². The van der Waals surface area contributed by atoms with Crippen molar-refractivity contribution in [3.63, 3.8) is 0 Å². The van der Waals surface area contributed by atoms with Gasteiger partial charge >= 0.3 is 0 Å². The van der Waals surface area contributed by atoms with Gasteiger partial charge in [0.25, 0.3) is 5.91 Å². The number of carbonyl (C=O) groups excluding carboxylic acids is 1. The number of hydrogen-bond acceptors (Lipinski definition) is 2. The SMILES string of the molecule is C[C@H](c1ccccn1)N(Cc1ccccc1)C(=O)c1ccc[nH]1. The summed E-state index contributed by atoms with van der Waals surface area (Å²) in [5.41, 5.74) is 2.56. The molecular weight excluding hydrogens is 286 g/mol. The summed E-state index contributed by atoms with van der Waals surface area (Å²) in [4.78, 5) is 22.1. The number of aromatic amines is 1. The monoisotopic (exact) mass is 305 g/mol. The van der Waals surface area contributed by atoms with Crippen molar-refractivity contribution in [2.75, 3.05) is 0 Å². The van der Waals surface area contributed by atoms with Gasteiger partial charge in [-0.2, -0.15) is 0 Å². The van der Waals surface area contributed by atoms with E-state index >= 15 is 0 Å². The van der Waals surface area contributed by atoms with Crippen LogP contribution in [0.5, 0.6) is 0 Å². The second-order valence-electron chi connectivity index (χ2n) is 5.43. The highest BCUT2D eigenvalue weighted by Crippen LogP contribution is 2.22. The first kappa shape index (κ1) is 15.0. The van der Waals surface area contributed by atoms with Gasteiger partial charge in [0.05, 0.1) is 11.7 Å². The minimum Gasteiger partial charge on any atom is -0.357 e. The number of rotatable bonds is 5. The lowest BCUT2D eigenvalue weighted by Gasteiger charge is -2.28. The Morgan fingerprint density at radius 1 is 1.09 bits per heavy atom. The third-order valence-corrected chi connectivity index (χ3v) is 3.87. The van der Waals surface area contributed by atoms with Gasteiger partial charge in [0.2, 0.25) is 0 Å². The van der Waals surface area contributed by atoms with Crippen molar-refractivity contribution in [1.29, 1.82) is 0 Å². The molecule has 1 amide bonds. The summed E-state index contributed by atoms with van der Waals surface area (Å²) < 4.78 is 0. The van der Waals surface area contributed by atoms with Gasteiger partial charge in [0, 0.05) is 18.9 Å². The number of aromatic nitrogens is 2. The van der Waals surface area contributed by atoms with E-state index in [9.17, 15) is 4.79 Å². The molecule has 0 saturated carbocycles. The fourth-order valence-corrected chi connectivity index (χ4v) is 2.57. The molecule has 0 spiro atoms. The topological polar surface area (TPSA) is 49.0 Å². The smallest absolute Gasteiger partial charge is 0.271 e. The van der Waals surface area contributed by atoms with E-state index in [1.807, 2.05) is 66.4 Å². The fourth-order valence-electron chi connectivity index (χ4n) is 2.57. The largest absolute Gasteiger partial charge is 0.357 e. The zero-order valence-corrected chi connectivity index (χ0v) is 13.0. The molecular formula is C19H19N3O. The van der Waals surface area contributed by atoms with E-state index in [0.717, 1.165) is 11.3 Å². The summed E-state index contributed by atoms with van der Waals surface area (Å²) in [5, 5.41) is 0. The van der Waals surface area contributed by atoms with Crippen molar-refractivity contribution in [1.82, 2.24) is 14.9 Å². The Morgan fingerprint density at radius 3 is 2.52 bits per heavy atom. The van der Waals surface area contributed by atoms with E-state index in [1.54, 1.807) is 18.5 Å². The quantitative estimate of drug-likeness (QED) is 0.779. The number of amides is 1. The van der Waals surface area contributed by atoms with E-state index in [-0.39, 0.29) is 11.9 Å². The lowest BCUT2D eigenvalue weighted by molar-refractivity contribution is 0.0665. The van der Waals surface area contributed by atoms with Crippen LogP contribution in [0, 0.1) is 0 Å². The average Bonchev–Trinajstić information content (AvgIpc) is 3.15. The molecule has 1 atom stereocenters. The maximum absolute atomic E-state index is 12.9. The Bertz CT molecular complexity index is 739. The number of benzene rings is 1. The molecule has 0 fully saturated rings. The maximum atomic E-state index is 12.9. The van der Waals surface area contributed by atoms with Gasteiger partial charge in [-0.3, -0.25) is 9.78 Å².